The molecule has 0 atom stereocenters. The molecule has 0 unspecified atom stereocenters. The SMILES string of the molecule is COc1ccc2nc(NC=C(C)C#N)sc2c1. The quantitative estimate of drug-likeness (QED) is 0.844. The topological polar surface area (TPSA) is 57.9 Å². The smallest absolute Gasteiger partial charge is 0.187 e. The van der Waals surface area contributed by atoms with Gasteiger partial charge in [-0.05, 0) is 25.1 Å². The van der Waals surface area contributed by atoms with Crippen LogP contribution in [0.1, 0.15) is 6.92 Å². The predicted octanol–water partition coefficient (Wildman–Crippen LogP) is 3.14. The largest absolute Gasteiger partial charge is 0.497 e. The highest BCUT2D eigenvalue weighted by molar-refractivity contribution is 7.22. The molecule has 5 heteroatoms. The molecule has 0 spiro atoms. The van der Waals surface area contributed by atoms with Crippen LogP contribution in [0.3, 0.4) is 0 Å². The zero-order valence-electron chi connectivity index (χ0n) is 9.52. The third kappa shape index (κ3) is 2.55. The Morgan fingerprint density at radius 2 is 2.41 bits per heavy atom. The maximum absolute atomic E-state index is 8.63. The minimum absolute atomic E-state index is 0.613. The van der Waals surface area contributed by atoms with Gasteiger partial charge in [0.15, 0.2) is 5.13 Å². The number of benzene rings is 1. The van der Waals surface area contributed by atoms with Crippen LogP contribution in [0, 0.1) is 11.3 Å². The summed E-state index contributed by atoms with van der Waals surface area (Å²) in [5, 5.41) is 12.4. The number of nitrogens with zero attached hydrogens (tertiary/aromatic N) is 2. The normalized spacial score (nSPS) is 11.2. The van der Waals surface area contributed by atoms with Crippen molar-refractivity contribution in [3.8, 4) is 11.8 Å². The number of hydrogen-bond donors (Lipinski definition) is 1. The minimum atomic E-state index is 0.613. The maximum Gasteiger partial charge on any atom is 0.187 e. The third-order valence-corrected chi connectivity index (χ3v) is 3.13. The zero-order valence-corrected chi connectivity index (χ0v) is 10.3. The van der Waals surface area contributed by atoms with Crippen LogP contribution in [-0.4, -0.2) is 12.1 Å². The number of fused-ring (bicyclic) bond motifs is 1. The van der Waals surface area contributed by atoms with Gasteiger partial charge in [0.2, 0.25) is 0 Å². The summed E-state index contributed by atoms with van der Waals surface area (Å²) in [7, 11) is 1.64. The molecule has 1 heterocycles. The average molecular weight is 245 g/mol. The highest BCUT2D eigenvalue weighted by Crippen LogP contribution is 2.29. The van der Waals surface area contributed by atoms with E-state index in [0.29, 0.717) is 5.57 Å². The van der Waals surface area contributed by atoms with Crippen LogP contribution in [0.25, 0.3) is 10.2 Å². The number of methoxy groups -OCH3 is 1. The number of nitrogens with one attached hydrogen (secondary N) is 1. The number of ether oxygens (including phenoxy) is 1. The van der Waals surface area contributed by atoms with Gasteiger partial charge in [0.25, 0.3) is 0 Å². The summed E-state index contributed by atoms with van der Waals surface area (Å²) in [6, 6.07) is 7.78. The molecule has 1 N–H and O–H groups in total. The van der Waals surface area contributed by atoms with E-state index in [1.54, 1.807) is 20.2 Å². The molecule has 2 aromatic rings. The molecule has 0 fully saturated rings. The van der Waals surface area contributed by atoms with Crippen LogP contribution in [0.4, 0.5) is 5.13 Å². The van der Waals surface area contributed by atoms with Crippen molar-refractivity contribution in [3.63, 3.8) is 0 Å². The molecule has 0 saturated carbocycles. The van der Waals surface area contributed by atoms with E-state index >= 15 is 0 Å². The van der Waals surface area contributed by atoms with Gasteiger partial charge in [-0.3, -0.25) is 0 Å². The van der Waals surface area contributed by atoms with Crippen molar-refractivity contribution in [2.24, 2.45) is 0 Å². The summed E-state index contributed by atoms with van der Waals surface area (Å²) >= 11 is 1.52. The Morgan fingerprint density at radius 3 is 3.12 bits per heavy atom. The number of rotatable bonds is 3. The summed E-state index contributed by atoms with van der Waals surface area (Å²) in [5.41, 5.74) is 1.53. The molecule has 2 rings (SSSR count). The number of allylic oxidation sites excluding steroid dienone is 1. The van der Waals surface area contributed by atoms with Gasteiger partial charge in [-0.25, -0.2) is 4.98 Å². The van der Waals surface area contributed by atoms with E-state index in [2.05, 4.69) is 10.3 Å². The second-order valence-electron chi connectivity index (χ2n) is 3.44. The monoisotopic (exact) mass is 245 g/mol. The summed E-state index contributed by atoms with van der Waals surface area (Å²) in [5.74, 6) is 0.816. The molecule has 1 aromatic heterocycles. The van der Waals surface area contributed by atoms with Gasteiger partial charge < -0.3 is 10.1 Å². The highest BCUT2D eigenvalue weighted by Gasteiger charge is 2.03. The molecule has 0 aliphatic carbocycles. The van der Waals surface area contributed by atoms with Gasteiger partial charge in [0.05, 0.1) is 23.4 Å². The molecule has 0 amide bonds. The first-order valence-corrected chi connectivity index (χ1v) is 5.82. The van der Waals surface area contributed by atoms with Crippen molar-refractivity contribution in [3.05, 3.63) is 30.0 Å². The van der Waals surface area contributed by atoms with Crippen LogP contribution in [0.5, 0.6) is 5.75 Å². The first kappa shape index (κ1) is 11.4. The van der Waals surface area contributed by atoms with E-state index < -0.39 is 0 Å². The van der Waals surface area contributed by atoms with E-state index in [1.165, 1.54) is 11.3 Å². The van der Waals surface area contributed by atoms with E-state index in [9.17, 15) is 0 Å². The molecule has 0 radical (unpaired) electrons. The Hall–Kier alpha value is -2.06. The van der Waals surface area contributed by atoms with Crippen LogP contribution < -0.4 is 10.1 Å². The lowest BCUT2D eigenvalue weighted by molar-refractivity contribution is 0.415. The Balaban J connectivity index is 2.29. The van der Waals surface area contributed by atoms with E-state index in [1.807, 2.05) is 24.3 Å². The van der Waals surface area contributed by atoms with Crippen molar-refractivity contribution in [1.29, 1.82) is 5.26 Å². The van der Waals surface area contributed by atoms with Crippen LogP contribution in [0.15, 0.2) is 30.0 Å². The average Bonchev–Trinajstić information content (AvgIpc) is 2.77. The molecule has 17 heavy (non-hydrogen) atoms. The van der Waals surface area contributed by atoms with Crippen molar-refractivity contribution in [2.45, 2.75) is 6.92 Å². The molecule has 0 aliphatic heterocycles. The molecular weight excluding hydrogens is 234 g/mol. The molecule has 0 bridgehead atoms. The molecule has 4 nitrogen and oxygen atoms in total. The molecule has 1 aromatic carbocycles. The number of hydrogen-bond acceptors (Lipinski definition) is 5. The van der Waals surface area contributed by atoms with Gasteiger partial charge in [-0.1, -0.05) is 11.3 Å². The lowest BCUT2D eigenvalue weighted by Gasteiger charge is -1.96. The Kier molecular flexibility index (Phi) is 3.26. The van der Waals surface area contributed by atoms with Crippen molar-refractivity contribution < 1.29 is 4.74 Å². The van der Waals surface area contributed by atoms with Crippen molar-refractivity contribution in [1.82, 2.24) is 4.98 Å². The van der Waals surface area contributed by atoms with Gasteiger partial charge in [0.1, 0.15) is 5.75 Å². The minimum Gasteiger partial charge on any atom is -0.497 e. The molecule has 0 saturated heterocycles. The fraction of sp³-hybridized carbons (Fsp3) is 0.167. The summed E-state index contributed by atoms with van der Waals surface area (Å²) in [4.78, 5) is 4.39. The van der Waals surface area contributed by atoms with E-state index in [0.717, 1.165) is 21.1 Å². The van der Waals surface area contributed by atoms with Crippen LogP contribution in [0.2, 0.25) is 0 Å². The lowest BCUT2D eigenvalue weighted by atomic mass is 10.3. The molecule has 0 aliphatic rings. The standard InChI is InChI=1S/C12H11N3OS/c1-8(6-13)7-14-12-15-10-4-3-9(16-2)5-11(10)17-12/h3-5,7H,1-2H3,(H,14,15). The summed E-state index contributed by atoms with van der Waals surface area (Å²) in [6.45, 7) is 1.74. The van der Waals surface area contributed by atoms with Crippen molar-refractivity contribution in [2.75, 3.05) is 12.4 Å². The number of thiazole rings is 1. The molecule has 86 valence electrons. The maximum atomic E-state index is 8.63. The van der Waals surface area contributed by atoms with Gasteiger partial charge in [-0.15, -0.1) is 0 Å². The second kappa shape index (κ2) is 4.85. The summed E-state index contributed by atoms with van der Waals surface area (Å²) < 4.78 is 6.20. The molecular formula is C12H11N3OS. The number of nitriles is 1. The van der Waals surface area contributed by atoms with Crippen molar-refractivity contribution >= 4 is 26.7 Å². The summed E-state index contributed by atoms with van der Waals surface area (Å²) in [6.07, 6.45) is 1.65. The number of anilines is 1. The van der Waals surface area contributed by atoms with Crippen LogP contribution >= 0.6 is 11.3 Å². The fourth-order valence-electron chi connectivity index (χ4n) is 1.30. The first-order chi connectivity index (χ1) is 8.22. The predicted molar refractivity (Wildman–Crippen MR) is 69.2 cm³/mol. The third-order valence-electron chi connectivity index (χ3n) is 2.18. The van der Waals surface area contributed by atoms with Gasteiger partial charge in [-0.2, -0.15) is 5.26 Å². The second-order valence-corrected chi connectivity index (χ2v) is 4.47. The highest BCUT2D eigenvalue weighted by atomic mass is 32.1. The Morgan fingerprint density at radius 1 is 1.59 bits per heavy atom. The van der Waals surface area contributed by atoms with Gasteiger partial charge in [0, 0.05) is 11.8 Å². The van der Waals surface area contributed by atoms with E-state index in [4.69, 9.17) is 10.00 Å². The fourth-order valence-corrected chi connectivity index (χ4v) is 2.16. The van der Waals surface area contributed by atoms with Crippen LogP contribution in [-0.2, 0) is 0 Å². The number of aromatic nitrogens is 1. The Bertz CT molecular complexity index is 610. The van der Waals surface area contributed by atoms with E-state index in [-0.39, 0.29) is 0 Å². The first-order valence-electron chi connectivity index (χ1n) is 5.01. The Labute approximate surface area is 103 Å². The van der Waals surface area contributed by atoms with Gasteiger partial charge >= 0.3 is 0 Å². The lowest BCUT2D eigenvalue weighted by Crippen LogP contribution is -1.87. The zero-order chi connectivity index (χ0) is 12.3.